The second-order valence-electron chi connectivity index (χ2n) is 9.87. The van der Waals surface area contributed by atoms with Crippen LogP contribution in [-0.4, -0.2) is 23.7 Å². The first-order valence-corrected chi connectivity index (χ1v) is 12.5. The normalized spacial score (nSPS) is 21.6. The van der Waals surface area contributed by atoms with Gasteiger partial charge in [0.25, 0.3) is 11.8 Å². The van der Waals surface area contributed by atoms with Gasteiger partial charge in [0.15, 0.2) is 11.5 Å². The minimum absolute atomic E-state index is 0.115. The van der Waals surface area contributed by atoms with Gasteiger partial charge < -0.3 is 18.9 Å². The van der Waals surface area contributed by atoms with Crippen molar-refractivity contribution in [1.29, 1.82) is 5.26 Å². The van der Waals surface area contributed by atoms with Crippen LogP contribution in [0.4, 0.5) is 13.2 Å². The highest BCUT2D eigenvalue weighted by Gasteiger charge is 2.50. The molecule has 2 aliphatic rings. The molecule has 39 heavy (non-hydrogen) atoms. The van der Waals surface area contributed by atoms with Crippen molar-refractivity contribution in [3.63, 3.8) is 0 Å². The molecule has 3 atom stereocenters. The van der Waals surface area contributed by atoms with E-state index in [1.54, 1.807) is 0 Å². The molecule has 1 heterocycles. The second kappa shape index (κ2) is 10.8. The molecule has 0 N–H and O–H groups in total. The van der Waals surface area contributed by atoms with Gasteiger partial charge >= 0.3 is 5.97 Å². The summed E-state index contributed by atoms with van der Waals surface area (Å²) in [7, 11) is 1.28. The van der Waals surface area contributed by atoms with Gasteiger partial charge in [-0.2, -0.15) is 23.4 Å². The zero-order chi connectivity index (χ0) is 27.6. The highest BCUT2D eigenvalue weighted by molar-refractivity contribution is 5.72. The molecule has 0 aliphatic heterocycles. The van der Waals surface area contributed by atoms with Crippen LogP contribution in [0.25, 0.3) is 0 Å². The second-order valence-corrected chi connectivity index (χ2v) is 9.87. The fourth-order valence-corrected chi connectivity index (χ4v) is 5.46. The maximum absolute atomic E-state index is 15.6. The van der Waals surface area contributed by atoms with Crippen molar-refractivity contribution in [3.8, 4) is 29.2 Å². The molecule has 1 aromatic heterocycles. The predicted octanol–water partition coefficient (Wildman–Crippen LogP) is 6.24. The van der Waals surface area contributed by atoms with Crippen molar-refractivity contribution in [2.75, 3.05) is 7.11 Å². The number of esters is 1. The lowest BCUT2D eigenvalue weighted by Gasteiger charge is -2.37. The van der Waals surface area contributed by atoms with Crippen molar-refractivity contribution < 1.29 is 36.9 Å². The van der Waals surface area contributed by atoms with Crippen molar-refractivity contribution in [2.45, 2.75) is 44.3 Å². The summed E-state index contributed by atoms with van der Waals surface area (Å²) in [6.07, 6.45) is 2.42. The predicted molar refractivity (Wildman–Crippen MR) is 132 cm³/mol. The number of nitriles is 1. The van der Waals surface area contributed by atoms with E-state index in [4.69, 9.17) is 18.9 Å². The maximum Gasteiger partial charge on any atom is 0.308 e. The zero-order valence-electron chi connectivity index (χ0n) is 21.1. The number of carbonyl (C=O) groups excluding carboxylic acids is 1. The molecule has 10 heteroatoms. The van der Waals surface area contributed by atoms with Crippen LogP contribution < -0.4 is 14.2 Å². The lowest BCUT2D eigenvalue weighted by Crippen LogP contribution is -2.41. The number of rotatable bonds is 8. The number of carbonyl (C=O) groups is 1. The standard InChI is InChI=1S/C29H25F3N2O5/c1-36-28(35)20-11-18-9-10-29(13-18,14-20)39-25-23(30)26(32)34-27(24(25)31)38-22-12-19(15-33)7-8-21(22)37-16-17-5-3-2-4-6-17/h2-8,12,18,20H,9-11,13-14,16H2,1H3. The number of hydrogen-bond acceptors (Lipinski definition) is 7. The third-order valence-corrected chi connectivity index (χ3v) is 7.24. The fraction of sp³-hybridized carbons (Fsp3) is 0.345. The van der Waals surface area contributed by atoms with Gasteiger partial charge in [-0.05, 0) is 49.3 Å². The number of ether oxygens (including phenoxy) is 4. The van der Waals surface area contributed by atoms with Crippen molar-refractivity contribution in [3.05, 3.63) is 77.2 Å². The summed E-state index contributed by atoms with van der Waals surface area (Å²) >= 11 is 0. The molecule has 2 aliphatic carbocycles. The van der Waals surface area contributed by atoms with Gasteiger partial charge in [-0.15, -0.1) is 0 Å². The van der Waals surface area contributed by atoms with Crippen LogP contribution in [0, 0.1) is 40.7 Å². The summed E-state index contributed by atoms with van der Waals surface area (Å²) in [5, 5.41) is 9.33. The smallest absolute Gasteiger partial charge is 0.308 e. The molecular formula is C29H25F3N2O5. The van der Waals surface area contributed by atoms with E-state index < -0.39 is 46.7 Å². The molecule has 0 amide bonds. The van der Waals surface area contributed by atoms with E-state index in [1.165, 1.54) is 25.3 Å². The van der Waals surface area contributed by atoms with Gasteiger partial charge in [-0.25, -0.2) is 0 Å². The molecule has 3 aromatic rings. The number of halogens is 3. The molecule has 2 bridgehead atoms. The fourth-order valence-electron chi connectivity index (χ4n) is 5.46. The molecule has 2 aromatic carbocycles. The quantitative estimate of drug-likeness (QED) is 0.248. The summed E-state index contributed by atoms with van der Waals surface area (Å²) in [4.78, 5) is 15.5. The molecule has 5 rings (SSSR count). The van der Waals surface area contributed by atoms with Gasteiger partial charge in [0.2, 0.25) is 17.4 Å². The van der Waals surface area contributed by atoms with Crippen LogP contribution in [0.15, 0.2) is 48.5 Å². The molecule has 2 saturated carbocycles. The Hall–Kier alpha value is -4.26. The number of pyridine rings is 1. The Morgan fingerprint density at radius 3 is 2.64 bits per heavy atom. The Morgan fingerprint density at radius 1 is 1.10 bits per heavy atom. The van der Waals surface area contributed by atoms with Gasteiger partial charge in [0.1, 0.15) is 12.2 Å². The van der Waals surface area contributed by atoms with Crippen LogP contribution in [-0.2, 0) is 16.1 Å². The monoisotopic (exact) mass is 538 g/mol. The van der Waals surface area contributed by atoms with E-state index in [-0.39, 0.29) is 36.0 Å². The topological polar surface area (TPSA) is 90.7 Å². The number of fused-ring (bicyclic) bond motifs is 2. The average molecular weight is 539 g/mol. The summed E-state index contributed by atoms with van der Waals surface area (Å²) in [6, 6.07) is 15.4. The summed E-state index contributed by atoms with van der Waals surface area (Å²) in [5.74, 6) is -7.16. The molecule has 0 spiro atoms. The number of benzene rings is 2. The van der Waals surface area contributed by atoms with Crippen molar-refractivity contribution in [1.82, 2.24) is 4.98 Å². The van der Waals surface area contributed by atoms with Crippen LogP contribution in [0.2, 0.25) is 0 Å². The minimum atomic E-state index is -1.61. The first-order valence-electron chi connectivity index (χ1n) is 12.5. The van der Waals surface area contributed by atoms with Crippen molar-refractivity contribution >= 4 is 5.97 Å². The molecular weight excluding hydrogens is 513 g/mol. The molecule has 3 unspecified atom stereocenters. The third kappa shape index (κ3) is 5.48. The average Bonchev–Trinajstić information content (AvgIpc) is 3.26. The van der Waals surface area contributed by atoms with Crippen LogP contribution >= 0.6 is 0 Å². The number of methoxy groups -OCH3 is 1. The first-order chi connectivity index (χ1) is 18.8. The van der Waals surface area contributed by atoms with E-state index >= 15 is 4.39 Å². The van der Waals surface area contributed by atoms with Gasteiger partial charge in [-0.1, -0.05) is 30.3 Å². The maximum atomic E-state index is 15.6. The number of aromatic nitrogens is 1. The summed E-state index contributed by atoms with van der Waals surface area (Å²) in [6.45, 7) is 0.135. The van der Waals surface area contributed by atoms with Crippen molar-refractivity contribution in [2.24, 2.45) is 11.8 Å². The van der Waals surface area contributed by atoms with Gasteiger partial charge in [0.05, 0.1) is 24.7 Å². The Labute approximate surface area is 223 Å². The largest absolute Gasteiger partial charge is 0.485 e. The SMILES string of the molecule is COC(=O)C1CC2CCC(Oc3c(F)c(F)nc(Oc4cc(C#N)ccc4OCc4ccccc4)c3F)(C2)C1. The third-order valence-electron chi connectivity index (χ3n) is 7.24. The van der Waals surface area contributed by atoms with Crippen LogP contribution in [0.1, 0.15) is 43.2 Å². The Kier molecular flexibility index (Phi) is 7.33. The van der Waals surface area contributed by atoms with E-state index in [9.17, 15) is 18.8 Å². The van der Waals surface area contributed by atoms with E-state index in [0.29, 0.717) is 25.7 Å². The van der Waals surface area contributed by atoms with E-state index in [1.807, 2.05) is 36.4 Å². The first kappa shape index (κ1) is 26.4. The molecule has 0 radical (unpaired) electrons. The Morgan fingerprint density at radius 2 is 1.90 bits per heavy atom. The van der Waals surface area contributed by atoms with Gasteiger partial charge in [0, 0.05) is 12.5 Å². The highest BCUT2D eigenvalue weighted by atomic mass is 19.2. The zero-order valence-corrected chi connectivity index (χ0v) is 21.1. The Balaban J connectivity index is 1.44. The molecule has 0 saturated heterocycles. The summed E-state index contributed by atoms with van der Waals surface area (Å²) in [5.41, 5.74) is -0.0462. The lowest BCUT2D eigenvalue weighted by atomic mass is 9.78. The highest BCUT2D eigenvalue weighted by Crippen LogP contribution is 2.51. The van der Waals surface area contributed by atoms with E-state index in [2.05, 4.69) is 4.98 Å². The molecule has 2 fully saturated rings. The molecule has 202 valence electrons. The summed E-state index contributed by atoms with van der Waals surface area (Å²) < 4.78 is 67.2. The number of nitrogens with zero attached hydrogens (tertiary/aromatic N) is 2. The van der Waals surface area contributed by atoms with E-state index in [0.717, 1.165) is 5.56 Å². The van der Waals surface area contributed by atoms with Gasteiger partial charge in [-0.3, -0.25) is 4.79 Å². The van der Waals surface area contributed by atoms with Crippen LogP contribution in [0.3, 0.4) is 0 Å². The van der Waals surface area contributed by atoms with Crippen LogP contribution in [0.5, 0.6) is 23.1 Å². The minimum Gasteiger partial charge on any atom is -0.485 e. The lowest BCUT2D eigenvalue weighted by molar-refractivity contribution is -0.149. The molecule has 7 nitrogen and oxygen atoms in total. The Bertz CT molecular complexity index is 1430. The number of hydrogen-bond donors (Lipinski definition) is 0.